The van der Waals surface area contributed by atoms with Crippen LogP contribution in [-0.4, -0.2) is 26.2 Å². The number of pyridine rings is 4. The molecule has 6 heterocycles. The Morgan fingerprint density at radius 3 is 1.37 bits per heavy atom. The molecule has 0 aliphatic carbocycles. The summed E-state index contributed by atoms with van der Waals surface area (Å²) in [5.74, 6) is 0.744. The van der Waals surface area contributed by atoms with Crippen molar-refractivity contribution in [1.29, 1.82) is 0 Å². The Morgan fingerprint density at radius 1 is 0.565 bits per heavy atom. The van der Waals surface area contributed by atoms with Gasteiger partial charge in [-0.15, -0.1) is 22.7 Å². The van der Waals surface area contributed by atoms with Gasteiger partial charge < -0.3 is 10.5 Å². The monoisotopic (exact) mass is 841 g/mol. The number of methoxy groups -OCH3 is 1. The zero-order valence-electron chi connectivity index (χ0n) is 33.1. The Balaban J connectivity index is 0.000000178. The first-order chi connectivity index (χ1) is 29.7. The van der Waals surface area contributed by atoms with E-state index in [1.807, 2.05) is 86.8 Å². The fraction of sp³-hybridized carbons (Fsp3) is 0.0769. The molecular weight excluding hydrogens is 807 g/mol. The van der Waals surface area contributed by atoms with Crippen LogP contribution in [0.3, 0.4) is 0 Å². The predicted octanol–water partition coefficient (Wildman–Crippen LogP) is 11.0. The molecule has 8 nitrogen and oxygen atoms in total. The third-order valence-corrected chi connectivity index (χ3v) is 10.8. The van der Waals surface area contributed by atoms with E-state index in [1.165, 1.54) is 28.2 Å². The highest BCUT2D eigenvalue weighted by molar-refractivity contribution is 7.25. The van der Waals surface area contributed by atoms with Crippen LogP contribution >= 0.6 is 22.7 Å². The van der Waals surface area contributed by atoms with Crippen molar-refractivity contribution in [3.63, 3.8) is 0 Å². The van der Waals surface area contributed by atoms with Gasteiger partial charge in [0.25, 0.3) is 11.1 Å². The highest BCUT2D eigenvalue weighted by Gasteiger charge is 2.16. The Morgan fingerprint density at radius 2 is 0.952 bits per heavy atom. The fourth-order valence-corrected chi connectivity index (χ4v) is 7.95. The van der Waals surface area contributed by atoms with Crippen LogP contribution < -0.4 is 21.6 Å². The van der Waals surface area contributed by atoms with Crippen molar-refractivity contribution in [2.24, 2.45) is 0 Å². The summed E-state index contributed by atoms with van der Waals surface area (Å²) in [5, 5.41) is 3.54. The zero-order chi connectivity index (χ0) is 43.1. The second-order valence-electron chi connectivity index (χ2n) is 12.5. The summed E-state index contributed by atoms with van der Waals surface area (Å²) < 4.78 is 10.1. The number of hydrogen-bond donors (Lipinski definition) is 1. The SMILES string of the molecule is C.C=C=C=C=C=C=C=C=C=C=C=C=C=C=C=C.COc1ccnc2sc3c(=O)n(-c4ccc(C)cc4)ccc3c12.Cc1ccc(-n2ccc3c(sc4nccc(N)c43)c2=O)cc1. The van der Waals surface area contributed by atoms with E-state index in [0.717, 1.165) is 53.9 Å². The third kappa shape index (κ3) is 10.3. The van der Waals surface area contributed by atoms with Crippen molar-refractivity contribution in [2.75, 3.05) is 12.8 Å². The minimum atomic E-state index is -0.0382. The number of nitrogens with zero attached hydrogens (tertiary/aromatic N) is 4. The number of anilines is 1. The summed E-state index contributed by atoms with van der Waals surface area (Å²) in [6, 6.07) is 23.3. The van der Waals surface area contributed by atoms with Gasteiger partial charge >= 0.3 is 0 Å². The van der Waals surface area contributed by atoms with Crippen molar-refractivity contribution >= 4 is 69.0 Å². The summed E-state index contributed by atoms with van der Waals surface area (Å²) in [7, 11) is 1.63. The highest BCUT2D eigenvalue weighted by atomic mass is 32.1. The van der Waals surface area contributed by atoms with E-state index in [9.17, 15) is 9.59 Å². The van der Waals surface area contributed by atoms with Crippen molar-refractivity contribution in [2.45, 2.75) is 21.3 Å². The molecule has 298 valence electrons. The lowest BCUT2D eigenvalue weighted by Gasteiger charge is -2.06. The van der Waals surface area contributed by atoms with Crippen LogP contribution in [0.2, 0.25) is 0 Å². The van der Waals surface area contributed by atoms with Gasteiger partial charge in [-0.3, -0.25) is 18.7 Å². The molecule has 8 rings (SSSR count). The molecule has 10 heteroatoms. The van der Waals surface area contributed by atoms with Crippen LogP contribution in [0.15, 0.2) is 201 Å². The van der Waals surface area contributed by atoms with Gasteiger partial charge in [0.1, 0.15) is 24.8 Å². The van der Waals surface area contributed by atoms with E-state index in [4.69, 9.17) is 10.5 Å². The molecular formula is C52H35N5O3S2. The molecule has 0 saturated heterocycles. The molecule has 8 aromatic rings. The molecule has 2 N–H and O–H groups in total. The Hall–Kier alpha value is -8.66. The number of nitrogens with two attached hydrogens (primary N) is 1. The van der Waals surface area contributed by atoms with E-state index in [2.05, 4.69) is 103 Å². The van der Waals surface area contributed by atoms with Crippen molar-refractivity contribution in [3.05, 3.63) is 223 Å². The molecule has 0 aliphatic rings. The molecule has 0 bridgehead atoms. The smallest absolute Gasteiger partial charge is 0.273 e. The lowest BCUT2D eigenvalue weighted by Crippen LogP contribution is -2.16. The average Bonchev–Trinajstić information content (AvgIpc) is 3.86. The van der Waals surface area contributed by atoms with Crippen LogP contribution in [0.5, 0.6) is 5.75 Å². The van der Waals surface area contributed by atoms with Crippen LogP contribution in [0.1, 0.15) is 18.6 Å². The maximum Gasteiger partial charge on any atom is 0.273 e. The molecule has 2 aromatic carbocycles. The number of rotatable bonds is 3. The molecule has 0 unspecified atom stereocenters. The summed E-state index contributed by atoms with van der Waals surface area (Å²) >= 11 is 2.80. The van der Waals surface area contributed by atoms with Gasteiger partial charge in [-0.2, -0.15) is 0 Å². The average molecular weight is 842 g/mol. The normalized spacial score (nSPS) is 9.15. The first-order valence-electron chi connectivity index (χ1n) is 18.1. The van der Waals surface area contributed by atoms with Crippen LogP contribution in [-0.2, 0) is 0 Å². The van der Waals surface area contributed by atoms with E-state index >= 15 is 0 Å². The fourth-order valence-electron chi connectivity index (χ4n) is 5.76. The summed E-state index contributed by atoms with van der Waals surface area (Å²) in [6.45, 7) is 10.6. The number of benzene rings is 2. The summed E-state index contributed by atoms with van der Waals surface area (Å²) in [6.07, 6.45) is 6.99. The van der Waals surface area contributed by atoms with Crippen LogP contribution in [0, 0.1) is 13.8 Å². The molecule has 6 aromatic heterocycles. The third-order valence-electron chi connectivity index (χ3n) is 8.57. The van der Waals surface area contributed by atoms with E-state index < -0.39 is 0 Å². The lowest BCUT2D eigenvalue weighted by molar-refractivity contribution is 0.420. The van der Waals surface area contributed by atoms with Crippen LogP contribution in [0.25, 0.3) is 52.0 Å². The molecule has 0 atom stereocenters. The topological polar surface area (TPSA) is 105 Å². The molecule has 0 saturated carbocycles. The number of fused-ring (bicyclic) bond motifs is 6. The number of ether oxygens (including phenoxy) is 1. The summed E-state index contributed by atoms with van der Waals surface area (Å²) in [4.78, 5) is 36.0. The Kier molecular flexibility index (Phi) is 15.3. The zero-order valence-corrected chi connectivity index (χ0v) is 34.7. The summed E-state index contributed by atoms with van der Waals surface area (Å²) in [5.41, 5.74) is 45.1. The van der Waals surface area contributed by atoms with Crippen molar-refractivity contribution < 1.29 is 4.74 Å². The minimum absolute atomic E-state index is 0. The van der Waals surface area contributed by atoms with Gasteiger partial charge in [0.15, 0.2) is 0 Å². The maximum absolute atomic E-state index is 12.9. The predicted molar refractivity (Wildman–Crippen MR) is 253 cm³/mol. The second-order valence-corrected chi connectivity index (χ2v) is 14.5. The van der Waals surface area contributed by atoms with Gasteiger partial charge in [0.2, 0.25) is 0 Å². The molecule has 0 spiro atoms. The van der Waals surface area contributed by atoms with E-state index in [-0.39, 0.29) is 18.5 Å². The molecule has 62 heavy (non-hydrogen) atoms. The molecule has 0 fully saturated rings. The van der Waals surface area contributed by atoms with Crippen LogP contribution in [0.4, 0.5) is 5.69 Å². The van der Waals surface area contributed by atoms with Gasteiger partial charge in [-0.25, -0.2) is 9.97 Å². The molecule has 0 radical (unpaired) electrons. The Labute approximate surface area is 365 Å². The molecule has 0 aliphatic heterocycles. The minimum Gasteiger partial charge on any atom is -0.496 e. The Bertz CT molecular complexity index is 3620. The second kappa shape index (κ2) is 21.4. The highest BCUT2D eigenvalue weighted by Crippen LogP contribution is 2.37. The quantitative estimate of drug-likeness (QED) is 0.178. The number of nitrogen functional groups attached to an aromatic ring is 1. The van der Waals surface area contributed by atoms with E-state index in [0.29, 0.717) is 15.1 Å². The van der Waals surface area contributed by atoms with Gasteiger partial charge in [-0.05, 0) is 144 Å². The number of aromatic nitrogens is 4. The van der Waals surface area contributed by atoms with Gasteiger partial charge in [-0.1, -0.05) is 54.3 Å². The standard InChI is InChI=1S/C18H14N2O2S.C17H13N3OS.C16H4.CH4/c1-11-3-5-12(6-4-11)20-10-8-13-15-14(22-2)7-9-19-17(15)23-16(13)18(20)21;1-10-2-4-11(5-3-10)20-9-7-12-14-13(18)6-8-19-16(14)22-15(12)17(20)21;1-3-5-7-9-11-13-15-16-14-12-10-8-6-4-2;/h3-10H,1-2H3;2-9H,1H3,(H2,18,19);1-2H2;1H4. The van der Waals surface area contributed by atoms with Gasteiger partial charge in [0.05, 0.1) is 12.5 Å². The lowest BCUT2D eigenvalue weighted by atomic mass is 10.2. The van der Waals surface area contributed by atoms with E-state index in [1.54, 1.807) is 40.9 Å². The van der Waals surface area contributed by atoms with Crippen molar-refractivity contribution in [3.8, 4) is 17.1 Å². The first-order valence-corrected chi connectivity index (χ1v) is 19.7. The van der Waals surface area contributed by atoms with Gasteiger partial charge in [0, 0.05) is 58.0 Å². The largest absolute Gasteiger partial charge is 0.496 e. The number of aryl methyl sites for hydroxylation is 2. The number of thiophene rings is 2. The maximum atomic E-state index is 12.9. The molecule has 0 amide bonds. The first kappa shape index (κ1) is 44.4. The van der Waals surface area contributed by atoms with Crippen molar-refractivity contribution in [1.82, 2.24) is 19.1 Å². The number of hydrogen-bond acceptors (Lipinski definition) is 8.